The largest absolute Gasteiger partial charge is 1.00 e. The van der Waals surface area contributed by atoms with Gasteiger partial charge in [-0.2, -0.15) is 0 Å². The molecule has 8 aromatic carbocycles. The van der Waals surface area contributed by atoms with Crippen LogP contribution in [0.3, 0.4) is 0 Å². The third-order valence-corrected chi connectivity index (χ3v) is 14.3. The van der Waals surface area contributed by atoms with Crippen LogP contribution in [-0.4, -0.2) is 10.1 Å². The average Bonchev–Trinajstić information content (AvgIpc) is 3.92. The maximum Gasteiger partial charge on any atom is 0.259 e. The molecule has 0 saturated heterocycles. The van der Waals surface area contributed by atoms with Gasteiger partial charge < -0.3 is 34.0 Å². The Balaban J connectivity index is 0.00000296. The Labute approximate surface area is 419 Å². The first kappa shape index (κ1) is 46.5. The maximum absolute atomic E-state index is 2.47. The molecule has 0 unspecified atom stereocenters. The topological polar surface area (TPSA) is 6.02 Å². The zero-order valence-corrected chi connectivity index (χ0v) is 42.1. The third kappa shape index (κ3) is 9.34. The molecule has 0 saturated carbocycles. The number of allylic oxidation sites excluding steroid dienone is 2. The van der Waals surface area contributed by atoms with Crippen LogP contribution in [0, 0.1) is 27.7 Å². The predicted octanol–water partition coefficient (Wildman–Crippen LogP) is 10.0. The fraction of sp³-hybridized carbons (Fsp3) is 0.0667. The Bertz CT molecular complexity index is 2840. The van der Waals surface area contributed by atoms with Gasteiger partial charge in [0, 0.05) is 69.5 Å². The van der Waals surface area contributed by atoms with E-state index in [4.69, 9.17) is 0 Å². The van der Waals surface area contributed by atoms with Gasteiger partial charge in [0.15, 0.2) is 0 Å². The van der Waals surface area contributed by atoms with E-state index in [1.807, 2.05) is 23.5 Å². The first-order valence-corrected chi connectivity index (χ1v) is 23.5. The van der Waals surface area contributed by atoms with E-state index in [0.717, 1.165) is 32.8 Å². The average molecular weight is 1020 g/mol. The van der Waals surface area contributed by atoms with Gasteiger partial charge in [-0.15, -0.1) is 9.15 Å². The highest BCUT2D eigenvalue weighted by Crippen LogP contribution is 2.59. The van der Waals surface area contributed by atoms with Crippen molar-refractivity contribution in [3.05, 3.63) is 273 Å². The molecule has 324 valence electrons. The van der Waals surface area contributed by atoms with Crippen molar-refractivity contribution in [2.75, 3.05) is 0 Å². The summed E-state index contributed by atoms with van der Waals surface area (Å²) in [4.78, 5) is 2.45. The number of halogens is 2. The number of aryl methyl sites for hydroxylation is 4. The van der Waals surface area contributed by atoms with Crippen molar-refractivity contribution in [2.24, 2.45) is 0 Å². The van der Waals surface area contributed by atoms with Gasteiger partial charge in [-0.1, -0.05) is 192 Å². The van der Waals surface area contributed by atoms with Crippen molar-refractivity contribution < 1.29 is 34.0 Å². The van der Waals surface area contributed by atoms with E-state index in [-0.39, 0.29) is 34.0 Å². The van der Waals surface area contributed by atoms with E-state index in [2.05, 4.69) is 255 Å². The summed E-state index contributed by atoms with van der Waals surface area (Å²) < 4.78 is 4.95. The number of benzene rings is 8. The molecule has 0 aliphatic carbocycles. The van der Waals surface area contributed by atoms with Crippen molar-refractivity contribution >= 4 is 78.7 Å². The molecule has 0 aromatic heterocycles. The number of hydrogen-bond donors (Lipinski definition) is 0. The van der Waals surface area contributed by atoms with Crippen LogP contribution in [0.5, 0.6) is 0 Å². The summed E-state index contributed by atoms with van der Waals surface area (Å²) in [5.74, 6) is 0. The van der Waals surface area contributed by atoms with E-state index in [0.29, 0.717) is 0 Å². The summed E-state index contributed by atoms with van der Waals surface area (Å²) in [6.07, 6.45) is 0. The van der Waals surface area contributed by atoms with E-state index < -0.39 is 0 Å². The highest BCUT2D eigenvalue weighted by Gasteiger charge is 2.44. The molecule has 6 heteroatoms. The van der Waals surface area contributed by atoms with Gasteiger partial charge in [-0.3, -0.25) is 0 Å². The highest BCUT2D eigenvalue weighted by atomic mass is 79.9. The molecular weight excluding hydrogens is 973 g/mol. The molecule has 2 aliphatic rings. The van der Waals surface area contributed by atoms with Gasteiger partial charge in [0.2, 0.25) is 22.7 Å². The van der Waals surface area contributed by atoms with Gasteiger partial charge >= 0.3 is 0 Å². The molecule has 2 heterocycles. The summed E-state index contributed by atoms with van der Waals surface area (Å²) in [5.41, 5.74) is 18.9. The lowest BCUT2D eigenvalue weighted by atomic mass is 9.91. The van der Waals surface area contributed by atoms with E-state index in [1.54, 1.807) is 0 Å². The molecule has 0 bridgehead atoms. The van der Waals surface area contributed by atoms with Crippen LogP contribution < -0.4 is 43.1 Å². The minimum absolute atomic E-state index is 0. The van der Waals surface area contributed by atoms with Crippen LogP contribution in [0.4, 0.5) is 22.7 Å². The molecule has 2 nitrogen and oxygen atoms in total. The number of nitrogens with zero attached hydrogens (tertiary/aromatic N) is 2. The van der Waals surface area contributed by atoms with Crippen molar-refractivity contribution in [3.8, 4) is 0 Å². The Morgan fingerprint density at radius 2 is 0.470 bits per heavy atom. The van der Waals surface area contributed by atoms with Crippen LogP contribution in [0.15, 0.2) is 228 Å². The predicted molar refractivity (Wildman–Crippen MR) is 279 cm³/mol. The van der Waals surface area contributed by atoms with Gasteiger partial charge in [-0.25, -0.2) is 0 Å². The Morgan fingerprint density at radius 3 is 0.697 bits per heavy atom. The van der Waals surface area contributed by atoms with Crippen molar-refractivity contribution in [1.82, 2.24) is 9.15 Å². The third-order valence-electron chi connectivity index (χ3n) is 11.8. The van der Waals surface area contributed by atoms with Crippen molar-refractivity contribution in [3.63, 3.8) is 0 Å². The van der Waals surface area contributed by atoms with E-state index in [1.165, 1.54) is 76.6 Å². The zero-order chi connectivity index (χ0) is 43.6. The second-order valence-corrected chi connectivity index (χ2v) is 18.4. The normalized spacial score (nSPS) is 14.5. The Morgan fingerprint density at radius 1 is 0.258 bits per heavy atom. The number of thioether (sulfide) groups is 2. The summed E-state index contributed by atoms with van der Waals surface area (Å²) in [6.45, 7) is 8.64. The molecule has 8 aromatic rings. The molecule has 2 aliphatic heterocycles. The lowest BCUT2D eigenvalue weighted by molar-refractivity contribution is -0.001000. The van der Waals surface area contributed by atoms with E-state index >= 15 is 0 Å². The molecule has 66 heavy (non-hydrogen) atoms. The second kappa shape index (κ2) is 20.7. The van der Waals surface area contributed by atoms with Crippen LogP contribution in [-0.2, 0) is 0 Å². The monoisotopic (exact) mass is 1020 g/mol. The molecule has 0 atom stereocenters. The maximum atomic E-state index is 2.47. The summed E-state index contributed by atoms with van der Waals surface area (Å²) in [7, 11) is 0. The summed E-state index contributed by atoms with van der Waals surface area (Å²) in [5, 5.41) is 2.33. The smallest absolute Gasteiger partial charge is 0.259 e. The van der Waals surface area contributed by atoms with Gasteiger partial charge in [0.1, 0.15) is 0 Å². The van der Waals surface area contributed by atoms with Gasteiger partial charge in [0.25, 0.3) is 10.1 Å². The molecule has 0 fully saturated rings. The molecule has 0 amide bonds. The van der Waals surface area contributed by atoms with E-state index in [9.17, 15) is 0 Å². The fourth-order valence-corrected chi connectivity index (χ4v) is 11.4. The first-order chi connectivity index (χ1) is 31.4. The fourth-order valence-electron chi connectivity index (χ4n) is 8.52. The zero-order valence-electron chi connectivity index (χ0n) is 37.3. The standard InChI is InChI=1S/C60H48N2S2.2BrH/c1-41-25-33-49(34-26-41)61(50-35-27-42(2)28-36-50)59-55(47-21-13-7-14-22-47)53(45-17-9-5-10-18-45)57(63-59)58-54(46-19-11-6-12-20-46)56(48-23-15-8-16-24-48)60(64-58)62(51-37-29-43(3)30-38-51)52-39-31-44(4)32-40-52;;/h5-40H,1-4H3;2*1H/q+2;;/p-2/b58-57+;;. The Kier molecular flexibility index (Phi) is 14.6. The SMILES string of the molecule is Cc1ccc([N+](=C2S/C(=C3/SC(=[N+](c4ccc(C)cc4)c4ccc(C)cc4)C(c4ccccc4)=C3c3ccccc3)C(c3ccccc3)=C2c2ccccc2)c2ccc(C)cc2)cc1.[Br-].[Br-]. The Hall–Kier alpha value is -6.02. The number of rotatable bonds is 8. The van der Waals surface area contributed by atoms with Crippen LogP contribution in [0.1, 0.15) is 44.5 Å². The highest BCUT2D eigenvalue weighted by molar-refractivity contribution is 8.23. The molecule has 10 rings (SSSR count). The summed E-state index contributed by atoms with van der Waals surface area (Å²) in [6, 6.07) is 79.9. The van der Waals surface area contributed by atoms with Crippen LogP contribution in [0.25, 0.3) is 22.3 Å². The lowest BCUT2D eigenvalue weighted by Crippen LogP contribution is -3.00. The van der Waals surface area contributed by atoms with Gasteiger partial charge in [-0.05, 0) is 73.5 Å². The lowest BCUT2D eigenvalue weighted by Gasteiger charge is -2.13. The second-order valence-electron chi connectivity index (χ2n) is 16.4. The molecular formula is C60H48Br2N2S2. The van der Waals surface area contributed by atoms with Gasteiger partial charge in [0.05, 0.1) is 11.1 Å². The first-order valence-electron chi connectivity index (χ1n) is 21.8. The minimum atomic E-state index is 0. The summed E-state index contributed by atoms with van der Waals surface area (Å²) >= 11 is 3.77. The minimum Gasteiger partial charge on any atom is -1.00 e. The van der Waals surface area contributed by atoms with Crippen LogP contribution in [0.2, 0.25) is 0 Å². The van der Waals surface area contributed by atoms with Crippen molar-refractivity contribution in [1.29, 1.82) is 0 Å². The molecule has 0 N–H and O–H groups in total. The number of hydrogen-bond acceptors (Lipinski definition) is 2. The van der Waals surface area contributed by atoms with Crippen molar-refractivity contribution in [2.45, 2.75) is 27.7 Å². The molecule has 0 radical (unpaired) electrons. The molecule has 0 spiro atoms. The quantitative estimate of drug-likeness (QED) is 0.140. The van der Waals surface area contributed by atoms with Crippen LogP contribution >= 0.6 is 23.5 Å².